The van der Waals surface area contributed by atoms with E-state index in [1.165, 1.54) is 10.0 Å². The Kier molecular flexibility index (Phi) is 4.45. The fourth-order valence-corrected chi connectivity index (χ4v) is 2.72. The average molecular weight is 357 g/mol. The van der Waals surface area contributed by atoms with E-state index < -0.39 is 0 Å². The van der Waals surface area contributed by atoms with Crippen molar-refractivity contribution in [1.82, 2.24) is 5.43 Å². The number of hydrogen-bond acceptors (Lipinski definition) is 3. The van der Waals surface area contributed by atoms with E-state index in [9.17, 15) is 4.79 Å². The van der Waals surface area contributed by atoms with Gasteiger partial charge in [-0.05, 0) is 48.5 Å². The van der Waals surface area contributed by atoms with Gasteiger partial charge in [0.25, 0.3) is 0 Å². The van der Waals surface area contributed by atoms with Crippen LogP contribution in [0.2, 0.25) is 0 Å². The SMILES string of the molecule is COc1ccc(C2=NN(c3ccccc3)C(=O)N(c3ccccc3)[N]2)cc1. The third-order valence-corrected chi connectivity index (χ3v) is 4.10. The van der Waals surface area contributed by atoms with E-state index in [-0.39, 0.29) is 6.03 Å². The fourth-order valence-electron chi connectivity index (χ4n) is 2.72. The summed E-state index contributed by atoms with van der Waals surface area (Å²) in [5, 5.41) is 7.21. The van der Waals surface area contributed by atoms with Crippen LogP contribution in [0.25, 0.3) is 0 Å². The minimum atomic E-state index is -0.343. The van der Waals surface area contributed by atoms with Crippen molar-refractivity contribution in [3.8, 4) is 5.75 Å². The van der Waals surface area contributed by atoms with Crippen LogP contribution in [0, 0.1) is 0 Å². The van der Waals surface area contributed by atoms with Gasteiger partial charge in [-0.15, -0.1) is 10.5 Å². The molecule has 133 valence electrons. The molecule has 4 rings (SSSR count). The van der Waals surface area contributed by atoms with Gasteiger partial charge in [-0.3, -0.25) is 0 Å². The summed E-state index contributed by atoms with van der Waals surface area (Å²) in [7, 11) is 1.62. The fraction of sp³-hybridized carbons (Fsp3) is 0.0476. The van der Waals surface area contributed by atoms with E-state index in [2.05, 4.69) is 10.5 Å². The van der Waals surface area contributed by atoms with Gasteiger partial charge in [-0.25, -0.2) is 4.79 Å². The Balaban J connectivity index is 1.77. The summed E-state index contributed by atoms with van der Waals surface area (Å²) < 4.78 is 5.21. The molecule has 1 heterocycles. The molecule has 1 radical (unpaired) electrons. The second kappa shape index (κ2) is 7.21. The number of urea groups is 1. The summed E-state index contributed by atoms with van der Waals surface area (Å²) in [5.41, 5.74) is 6.61. The second-order valence-corrected chi connectivity index (χ2v) is 5.83. The molecular weight excluding hydrogens is 340 g/mol. The summed E-state index contributed by atoms with van der Waals surface area (Å²) in [6, 6.07) is 25.6. The van der Waals surface area contributed by atoms with Crippen molar-refractivity contribution < 1.29 is 9.53 Å². The van der Waals surface area contributed by atoms with Crippen LogP contribution in [-0.2, 0) is 0 Å². The van der Waals surface area contributed by atoms with E-state index in [4.69, 9.17) is 4.74 Å². The summed E-state index contributed by atoms with van der Waals surface area (Å²) in [6.07, 6.45) is 0. The maximum Gasteiger partial charge on any atom is 0.370 e. The maximum absolute atomic E-state index is 13.0. The van der Waals surface area contributed by atoms with Gasteiger partial charge in [0.2, 0.25) is 0 Å². The van der Waals surface area contributed by atoms with Crippen molar-refractivity contribution in [2.45, 2.75) is 0 Å². The maximum atomic E-state index is 13.0. The molecular formula is C21H17N4O2. The van der Waals surface area contributed by atoms with Gasteiger partial charge >= 0.3 is 6.03 Å². The smallest absolute Gasteiger partial charge is 0.370 e. The number of carbonyl (C=O) groups is 1. The lowest BCUT2D eigenvalue weighted by molar-refractivity contribution is 0.249. The molecule has 0 bridgehead atoms. The van der Waals surface area contributed by atoms with E-state index in [0.717, 1.165) is 11.3 Å². The molecule has 3 aromatic rings. The van der Waals surface area contributed by atoms with Crippen LogP contribution in [0.3, 0.4) is 0 Å². The van der Waals surface area contributed by atoms with Crippen LogP contribution in [0.5, 0.6) is 5.75 Å². The number of methoxy groups -OCH3 is 1. The zero-order valence-electron chi connectivity index (χ0n) is 14.7. The van der Waals surface area contributed by atoms with Crippen molar-refractivity contribution in [3.05, 3.63) is 90.5 Å². The monoisotopic (exact) mass is 357 g/mol. The van der Waals surface area contributed by atoms with Crippen LogP contribution in [0.4, 0.5) is 16.2 Å². The number of nitrogens with zero attached hydrogens (tertiary/aromatic N) is 4. The molecule has 0 fully saturated rings. The first-order valence-corrected chi connectivity index (χ1v) is 8.45. The lowest BCUT2D eigenvalue weighted by atomic mass is 10.2. The molecule has 1 aliphatic heterocycles. The van der Waals surface area contributed by atoms with Crippen molar-refractivity contribution in [2.24, 2.45) is 5.10 Å². The highest BCUT2D eigenvalue weighted by Crippen LogP contribution is 2.24. The molecule has 2 amide bonds. The van der Waals surface area contributed by atoms with Gasteiger partial charge in [-0.1, -0.05) is 36.4 Å². The van der Waals surface area contributed by atoms with Crippen molar-refractivity contribution >= 4 is 23.2 Å². The first-order valence-electron chi connectivity index (χ1n) is 8.45. The summed E-state index contributed by atoms with van der Waals surface area (Å²) in [4.78, 5) is 13.0. The van der Waals surface area contributed by atoms with Crippen LogP contribution in [-0.4, -0.2) is 19.0 Å². The standard InChI is InChI=1S/C21H17N4O2/c1-27-19-14-12-16(13-15-19)20-22-24(17-8-4-2-5-9-17)21(26)25(23-20)18-10-6-3-7-11-18/h2-15H,1H3. The van der Waals surface area contributed by atoms with Crippen LogP contribution in [0.15, 0.2) is 90.0 Å². The number of ether oxygens (including phenoxy) is 1. The lowest BCUT2D eigenvalue weighted by Crippen LogP contribution is -2.52. The normalized spacial score (nSPS) is 13.8. The molecule has 1 aliphatic rings. The molecule has 0 saturated heterocycles. The molecule has 0 aliphatic carbocycles. The topological polar surface area (TPSA) is 59.2 Å². The highest BCUT2D eigenvalue weighted by Gasteiger charge is 2.32. The van der Waals surface area contributed by atoms with Gasteiger partial charge in [0, 0.05) is 5.56 Å². The minimum absolute atomic E-state index is 0.343. The third kappa shape index (κ3) is 3.32. The Morgan fingerprint density at radius 1 is 0.741 bits per heavy atom. The van der Waals surface area contributed by atoms with Crippen molar-refractivity contribution in [3.63, 3.8) is 0 Å². The number of anilines is 2. The highest BCUT2D eigenvalue weighted by molar-refractivity contribution is 6.12. The Morgan fingerprint density at radius 2 is 1.30 bits per heavy atom. The number of amides is 2. The van der Waals surface area contributed by atoms with Crippen LogP contribution >= 0.6 is 0 Å². The summed E-state index contributed by atoms with van der Waals surface area (Å²) in [6.45, 7) is 0. The molecule has 0 spiro atoms. The van der Waals surface area contributed by atoms with E-state index >= 15 is 0 Å². The number of para-hydroxylation sites is 2. The average Bonchev–Trinajstić information content (AvgIpc) is 2.75. The molecule has 0 unspecified atom stereocenters. The first-order chi connectivity index (χ1) is 13.3. The zero-order chi connectivity index (χ0) is 18.6. The Morgan fingerprint density at radius 3 is 1.85 bits per heavy atom. The first kappa shape index (κ1) is 16.7. The van der Waals surface area contributed by atoms with E-state index in [1.807, 2.05) is 84.9 Å². The summed E-state index contributed by atoms with van der Waals surface area (Å²) >= 11 is 0. The molecule has 0 atom stereocenters. The molecule has 0 N–H and O–H groups in total. The number of benzene rings is 3. The molecule has 6 heteroatoms. The van der Waals surface area contributed by atoms with Crippen LogP contribution in [0.1, 0.15) is 5.56 Å². The number of hydrogen-bond donors (Lipinski definition) is 0. The molecule has 3 aromatic carbocycles. The number of carbonyl (C=O) groups excluding carboxylic acids is 1. The number of amidine groups is 1. The Bertz CT molecular complexity index is 956. The van der Waals surface area contributed by atoms with Crippen molar-refractivity contribution in [1.29, 1.82) is 0 Å². The van der Waals surface area contributed by atoms with E-state index in [0.29, 0.717) is 17.2 Å². The van der Waals surface area contributed by atoms with E-state index in [1.54, 1.807) is 7.11 Å². The van der Waals surface area contributed by atoms with Crippen LogP contribution < -0.4 is 20.2 Å². The lowest BCUT2D eigenvalue weighted by Gasteiger charge is -2.31. The molecule has 6 nitrogen and oxygen atoms in total. The van der Waals surface area contributed by atoms with Gasteiger partial charge in [0.05, 0.1) is 18.5 Å². The largest absolute Gasteiger partial charge is 0.497 e. The van der Waals surface area contributed by atoms with Crippen molar-refractivity contribution in [2.75, 3.05) is 17.1 Å². The summed E-state index contributed by atoms with van der Waals surface area (Å²) in [5.74, 6) is 1.18. The minimum Gasteiger partial charge on any atom is -0.497 e. The molecule has 0 saturated carbocycles. The molecule has 27 heavy (non-hydrogen) atoms. The number of rotatable bonds is 4. The predicted molar refractivity (Wildman–Crippen MR) is 105 cm³/mol. The quantitative estimate of drug-likeness (QED) is 0.708. The zero-order valence-corrected chi connectivity index (χ0v) is 14.7. The van der Waals surface area contributed by atoms with Gasteiger partial charge < -0.3 is 4.74 Å². The third-order valence-electron chi connectivity index (χ3n) is 4.10. The van der Waals surface area contributed by atoms with Gasteiger partial charge in [0.15, 0.2) is 5.84 Å². The van der Waals surface area contributed by atoms with Gasteiger partial charge in [0.1, 0.15) is 5.75 Å². The molecule has 0 aromatic heterocycles. The highest BCUT2D eigenvalue weighted by atomic mass is 16.5. The van der Waals surface area contributed by atoms with Gasteiger partial charge in [-0.2, -0.15) is 10.0 Å². The Labute approximate surface area is 157 Å². The predicted octanol–water partition coefficient (Wildman–Crippen LogP) is 4.02. The Hall–Kier alpha value is -3.80. The number of hydrazone groups is 1. The second-order valence-electron chi connectivity index (χ2n) is 5.83.